The van der Waals surface area contributed by atoms with Crippen LogP contribution >= 0.6 is 0 Å². The molecule has 0 bridgehead atoms. The highest BCUT2D eigenvalue weighted by molar-refractivity contribution is 5.77. The first-order chi connectivity index (χ1) is 6.93. The van der Waals surface area contributed by atoms with Crippen LogP contribution in [0.2, 0.25) is 0 Å². The number of nitrogens with one attached hydrogen (secondary N) is 1. The number of nitrogens with zero attached hydrogens (tertiary/aromatic N) is 2. The van der Waals surface area contributed by atoms with Crippen LogP contribution in [0.25, 0.3) is 0 Å². The summed E-state index contributed by atoms with van der Waals surface area (Å²) in [5.74, 6) is -1.25. The van der Waals surface area contributed by atoms with E-state index in [0.717, 1.165) is 0 Å². The molecule has 0 saturated heterocycles. The highest BCUT2D eigenvalue weighted by Crippen LogP contribution is 1.92. The first-order valence-corrected chi connectivity index (χ1v) is 4.17. The van der Waals surface area contributed by atoms with Crippen LogP contribution in [0.5, 0.6) is 0 Å². The molecule has 0 aliphatic rings. The fourth-order valence-electron chi connectivity index (χ4n) is 0.794. The van der Waals surface area contributed by atoms with Gasteiger partial charge in [0.05, 0.1) is 0 Å². The molecule has 0 aromatic carbocycles. The average molecular weight is 221 g/mol. The van der Waals surface area contributed by atoms with Gasteiger partial charge in [-0.05, 0) is 18.2 Å². The van der Waals surface area contributed by atoms with Gasteiger partial charge in [0.15, 0.2) is 0 Å². The Morgan fingerprint density at radius 2 is 2.13 bits per heavy atom. The second kappa shape index (κ2) is 6.81. The molecule has 88 valence electrons. The number of guanidine groups is 1. The van der Waals surface area contributed by atoms with Gasteiger partial charge >= 0.3 is 5.97 Å². The van der Waals surface area contributed by atoms with Crippen molar-refractivity contribution in [3.63, 3.8) is 0 Å². The zero-order valence-electron chi connectivity index (χ0n) is 8.00. The number of aliphatic carboxylic acids is 1. The van der Waals surface area contributed by atoms with Gasteiger partial charge in [0.2, 0.25) is 5.96 Å². The first kappa shape index (κ1) is 13.4. The molecule has 0 spiro atoms. The van der Waals surface area contributed by atoms with E-state index in [2.05, 4.69) is 10.4 Å². The lowest BCUT2D eigenvalue weighted by Gasteiger charge is -2.08. The van der Waals surface area contributed by atoms with Crippen molar-refractivity contribution in [3.05, 3.63) is 0 Å². The van der Waals surface area contributed by atoms with E-state index in [1.807, 2.05) is 0 Å². The summed E-state index contributed by atoms with van der Waals surface area (Å²) < 4.78 is 0. The SMILES string of the molecule is N/C(=N\N(O)O)NCCCC(N)C(=O)O. The van der Waals surface area contributed by atoms with Gasteiger partial charge in [-0.25, -0.2) is 10.4 Å². The minimum atomic E-state index is -1.06. The summed E-state index contributed by atoms with van der Waals surface area (Å²) in [4.78, 5) is 10.3. The summed E-state index contributed by atoms with van der Waals surface area (Å²) in [6, 6.07) is -0.905. The van der Waals surface area contributed by atoms with Crippen molar-refractivity contribution in [2.24, 2.45) is 16.6 Å². The monoisotopic (exact) mass is 221 g/mol. The van der Waals surface area contributed by atoms with Crippen molar-refractivity contribution >= 4 is 11.9 Å². The summed E-state index contributed by atoms with van der Waals surface area (Å²) in [5, 5.41) is 30.0. The molecule has 0 rings (SSSR count). The molecule has 0 heterocycles. The van der Waals surface area contributed by atoms with E-state index in [-0.39, 0.29) is 12.4 Å². The second-order valence-corrected chi connectivity index (χ2v) is 2.77. The Bertz CT molecular complexity index is 232. The van der Waals surface area contributed by atoms with Gasteiger partial charge in [0, 0.05) is 6.54 Å². The number of carbonyl (C=O) groups is 1. The van der Waals surface area contributed by atoms with Crippen molar-refractivity contribution < 1.29 is 20.3 Å². The molecular weight excluding hydrogens is 206 g/mol. The molecule has 15 heavy (non-hydrogen) atoms. The van der Waals surface area contributed by atoms with Gasteiger partial charge in [-0.15, -0.1) is 0 Å². The zero-order chi connectivity index (χ0) is 11.8. The van der Waals surface area contributed by atoms with Gasteiger partial charge in [-0.3, -0.25) is 4.79 Å². The Hall–Kier alpha value is -1.58. The Morgan fingerprint density at radius 1 is 1.53 bits per heavy atom. The van der Waals surface area contributed by atoms with Crippen LogP contribution in [0.15, 0.2) is 5.10 Å². The third kappa shape index (κ3) is 7.49. The van der Waals surface area contributed by atoms with E-state index in [1.54, 1.807) is 0 Å². The van der Waals surface area contributed by atoms with Crippen LogP contribution in [0, 0.1) is 0 Å². The molecular formula is C6H15N5O4. The molecule has 0 amide bonds. The Kier molecular flexibility index (Phi) is 6.09. The van der Waals surface area contributed by atoms with E-state index >= 15 is 0 Å². The number of hydrogen-bond donors (Lipinski definition) is 6. The maximum atomic E-state index is 10.3. The van der Waals surface area contributed by atoms with E-state index in [9.17, 15) is 4.79 Å². The fraction of sp³-hybridized carbons (Fsp3) is 0.667. The van der Waals surface area contributed by atoms with Crippen LogP contribution in [0.3, 0.4) is 0 Å². The second-order valence-electron chi connectivity index (χ2n) is 2.77. The average Bonchev–Trinajstić information content (AvgIpc) is 2.10. The zero-order valence-corrected chi connectivity index (χ0v) is 8.00. The Balaban J connectivity index is 3.59. The molecule has 1 unspecified atom stereocenters. The summed E-state index contributed by atoms with van der Waals surface area (Å²) in [6.07, 6.45) is 0.762. The van der Waals surface area contributed by atoms with Gasteiger partial charge in [0.1, 0.15) is 6.04 Å². The predicted molar refractivity (Wildman–Crippen MR) is 49.9 cm³/mol. The van der Waals surface area contributed by atoms with E-state index in [0.29, 0.717) is 13.0 Å². The lowest BCUT2D eigenvalue weighted by Crippen LogP contribution is -2.36. The summed E-state index contributed by atoms with van der Waals surface area (Å²) >= 11 is 0. The lowest BCUT2D eigenvalue weighted by atomic mass is 10.2. The minimum Gasteiger partial charge on any atom is -0.480 e. The topological polar surface area (TPSA) is 157 Å². The van der Waals surface area contributed by atoms with Crippen LogP contribution in [-0.2, 0) is 4.79 Å². The molecule has 9 nitrogen and oxygen atoms in total. The third-order valence-corrected chi connectivity index (χ3v) is 1.51. The maximum Gasteiger partial charge on any atom is 0.320 e. The standard InChI is InChI=1S/C6H15N5O4/c7-4(5(12)13)2-1-3-9-6(8)10-11(14)15/h4,14-15H,1-3,7H2,(H,12,13)(H3,8,9,10). The smallest absolute Gasteiger partial charge is 0.320 e. The summed E-state index contributed by atoms with van der Waals surface area (Å²) in [6.45, 7) is 0.337. The van der Waals surface area contributed by atoms with Crippen molar-refractivity contribution in [2.45, 2.75) is 18.9 Å². The summed E-state index contributed by atoms with van der Waals surface area (Å²) in [5.41, 5.74) is 10.4. The highest BCUT2D eigenvalue weighted by Gasteiger charge is 2.09. The Morgan fingerprint density at radius 3 is 2.60 bits per heavy atom. The molecule has 1 atom stereocenters. The van der Waals surface area contributed by atoms with E-state index in [1.165, 1.54) is 0 Å². The number of hydrogen-bond acceptors (Lipinski definition) is 6. The molecule has 0 radical (unpaired) electrons. The van der Waals surface area contributed by atoms with E-state index < -0.39 is 17.3 Å². The molecule has 0 aliphatic carbocycles. The third-order valence-electron chi connectivity index (χ3n) is 1.51. The normalized spacial score (nSPS) is 13.4. The first-order valence-electron chi connectivity index (χ1n) is 4.17. The van der Waals surface area contributed by atoms with Crippen molar-refractivity contribution in [3.8, 4) is 0 Å². The molecule has 0 aromatic heterocycles. The summed E-state index contributed by atoms with van der Waals surface area (Å²) in [7, 11) is 0. The molecule has 8 N–H and O–H groups in total. The Labute approximate surface area is 85.9 Å². The van der Waals surface area contributed by atoms with Crippen LogP contribution < -0.4 is 16.8 Å². The van der Waals surface area contributed by atoms with Crippen molar-refractivity contribution in [2.75, 3.05) is 6.54 Å². The van der Waals surface area contributed by atoms with Crippen LogP contribution in [0.1, 0.15) is 12.8 Å². The van der Waals surface area contributed by atoms with Crippen molar-refractivity contribution in [1.29, 1.82) is 0 Å². The highest BCUT2D eigenvalue weighted by atomic mass is 16.8. The van der Waals surface area contributed by atoms with Crippen LogP contribution in [-0.4, -0.2) is 45.4 Å². The largest absolute Gasteiger partial charge is 0.480 e. The molecule has 9 heteroatoms. The van der Waals surface area contributed by atoms with E-state index in [4.69, 9.17) is 27.0 Å². The number of carboxylic acids is 1. The quantitative estimate of drug-likeness (QED) is 0.131. The maximum absolute atomic E-state index is 10.3. The minimum absolute atomic E-state index is 0.191. The molecule has 0 aliphatic heterocycles. The molecule has 0 aromatic rings. The molecule has 0 saturated carbocycles. The number of rotatable bonds is 6. The molecule has 0 fully saturated rings. The van der Waals surface area contributed by atoms with Crippen LogP contribution in [0.4, 0.5) is 0 Å². The number of nitrogens with two attached hydrogens (primary N) is 2. The fourth-order valence-corrected chi connectivity index (χ4v) is 0.794. The number of carboxylic acid groups (broad SMARTS) is 1. The lowest BCUT2D eigenvalue weighted by molar-refractivity contribution is -0.307. The predicted octanol–water partition coefficient (Wildman–Crippen LogP) is -1.92. The van der Waals surface area contributed by atoms with Gasteiger partial charge in [0.25, 0.3) is 0 Å². The van der Waals surface area contributed by atoms with Gasteiger partial charge in [-0.1, -0.05) is 5.10 Å². The van der Waals surface area contributed by atoms with Crippen molar-refractivity contribution in [1.82, 2.24) is 10.7 Å². The van der Waals surface area contributed by atoms with Gasteiger partial charge < -0.3 is 21.9 Å². The number of hydrazone groups is 1. The van der Waals surface area contributed by atoms with Gasteiger partial charge in [-0.2, -0.15) is 0 Å².